The van der Waals surface area contributed by atoms with Crippen molar-refractivity contribution in [3.05, 3.63) is 29.8 Å². The molecule has 1 aliphatic carbocycles. The van der Waals surface area contributed by atoms with Gasteiger partial charge >= 0.3 is 0 Å². The van der Waals surface area contributed by atoms with Crippen molar-refractivity contribution in [2.24, 2.45) is 0 Å². The molecule has 1 saturated carbocycles. The first kappa shape index (κ1) is 18.8. The molecular formula is C22H32N2O3. The Morgan fingerprint density at radius 3 is 2.52 bits per heavy atom. The zero-order valence-corrected chi connectivity index (χ0v) is 16.5. The smallest absolute Gasteiger partial charge is 0.233 e. The van der Waals surface area contributed by atoms with E-state index in [1.54, 1.807) is 7.11 Å². The summed E-state index contributed by atoms with van der Waals surface area (Å²) < 4.78 is 10.8. The van der Waals surface area contributed by atoms with Gasteiger partial charge in [-0.15, -0.1) is 0 Å². The van der Waals surface area contributed by atoms with Gasteiger partial charge in [0, 0.05) is 32.2 Å². The Balaban J connectivity index is 1.51. The predicted molar refractivity (Wildman–Crippen MR) is 105 cm³/mol. The molecule has 1 unspecified atom stereocenters. The number of likely N-dealkylation sites (tertiary alicyclic amines) is 1. The SMILES string of the molecule is COc1ccc(C2(C(=O)N3CCCCCC3CN3CCOCC3)CC2)cc1. The molecule has 1 aromatic rings. The van der Waals surface area contributed by atoms with Crippen molar-refractivity contribution >= 4 is 5.91 Å². The minimum absolute atomic E-state index is 0.292. The number of nitrogens with zero attached hydrogens (tertiary/aromatic N) is 2. The van der Waals surface area contributed by atoms with Gasteiger partial charge in [0.1, 0.15) is 5.75 Å². The topological polar surface area (TPSA) is 42.0 Å². The zero-order valence-electron chi connectivity index (χ0n) is 16.5. The average Bonchev–Trinajstić information content (AvgIpc) is 3.54. The van der Waals surface area contributed by atoms with Crippen molar-refractivity contribution in [1.82, 2.24) is 9.80 Å². The molecule has 1 amide bonds. The number of carbonyl (C=O) groups excluding carboxylic acids is 1. The number of hydrogen-bond donors (Lipinski definition) is 0. The van der Waals surface area contributed by atoms with Gasteiger partial charge in [0.15, 0.2) is 0 Å². The normalized spacial score (nSPS) is 25.7. The number of ether oxygens (including phenoxy) is 2. The number of rotatable bonds is 5. The molecule has 0 aromatic heterocycles. The fourth-order valence-corrected chi connectivity index (χ4v) is 4.65. The van der Waals surface area contributed by atoms with Crippen LogP contribution in [0.1, 0.15) is 44.1 Å². The van der Waals surface area contributed by atoms with E-state index < -0.39 is 0 Å². The Morgan fingerprint density at radius 1 is 1.11 bits per heavy atom. The summed E-state index contributed by atoms with van der Waals surface area (Å²) in [5.74, 6) is 1.20. The number of carbonyl (C=O) groups is 1. The minimum atomic E-state index is -0.292. The summed E-state index contributed by atoms with van der Waals surface area (Å²) in [7, 11) is 1.68. The molecule has 1 atom stereocenters. The van der Waals surface area contributed by atoms with Crippen LogP contribution < -0.4 is 4.74 Å². The van der Waals surface area contributed by atoms with Gasteiger partial charge < -0.3 is 14.4 Å². The second-order valence-electron chi connectivity index (χ2n) is 8.23. The fraction of sp³-hybridized carbons (Fsp3) is 0.682. The van der Waals surface area contributed by atoms with E-state index in [1.165, 1.54) is 12.8 Å². The number of amides is 1. The second kappa shape index (κ2) is 8.19. The molecule has 0 bridgehead atoms. The van der Waals surface area contributed by atoms with E-state index >= 15 is 0 Å². The first-order chi connectivity index (χ1) is 13.2. The van der Waals surface area contributed by atoms with E-state index in [2.05, 4.69) is 21.9 Å². The summed E-state index contributed by atoms with van der Waals surface area (Å²) in [6, 6.07) is 8.47. The Labute approximate surface area is 162 Å². The van der Waals surface area contributed by atoms with Crippen molar-refractivity contribution in [2.75, 3.05) is 46.5 Å². The van der Waals surface area contributed by atoms with Crippen molar-refractivity contribution < 1.29 is 14.3 Å². The number of methoxy groups -OCH3 is 1. The maximum absolute atomic E-state index is 13.7. The van der Waals surface area contributed by atoms with E-state index in [4.69, 9.17) is 9.47 Å². The molecule has 3 fully saturated rings. The van der Waals surface area contributed by atoms with Crippen LogP contribution in [0.2, 0.25) is 0 Å². The van der Waals surface area contributed by atoms with E-state index in [0.29, 0.717) is 11.9 Å². The molecule has 5 heteroatoms. The van der Waals surface area contributed by atoms with E-state index in [-0.39, 0.29) is 5.41 Å². The van der Waals surface area contributed by atoms with Crippen LogP contribution in [-0.4, -0.2) is 68.3 Å². The summed E-state index contributed by atoms with van der Waals surface area (Å²) in [4.78, 5) is 18.4. The predicted octanol–water partition coefficient (Wildman–Crippen LogP) is 2.83. The average molecular weight is 373 g/mol. The largest absolute Gasteiger partial charge is 0.497 e. The van der Waals surface area contributed by atoms with Gasteiger partial charge in [0.2, 0.25) is 5.91 Å². The molecule has 2 aliphatic heterocycles. The summed E-state index contributed by atoms with van der Waals surface area (Å²) >= 11 is 0. The van der Waals surface area contributed by atoms with Crippen molar-refractivity contribution in [3.8, 4) is 5.75 Å². The number of benzene rings is 1. The molecule has 0 N–H and O–H groups in total. The molecule has 0 spiro atoms. The Bertz CT molecular complexity index is 635. The van der Waals surface area contributed by atoms with Crippen LogP contribution in [0.25, 0.3) is 0 Å². The minimum Gasteiger partial charge on any atom is -0.497 e. The third-order valence-corrected chi connectivity index (χ3v) is 6.51. The molecule has 3 aliphatic rings. The van der Waals surface area contributed by atoms with Crippen LogP contribution in [0.3, 0.4) is 0 Å². The van der Waals surface area contributed by atoms with Gasteiger partial charge in [-0.2, -0.15) is 0 Å². The first-order valence-corrected chi connectivity index (χ1v) is 10.5. The Kier molecular flexibility index (Phi) is 5.69. The highest BCUT2D eigenvalue weighted by molar-refractivity contribution is 5.91. The summed E-state index contributed by atoms with van der Waals surface area (Å²) in [5, 5.41) is 0. The molecule has 1 aromatic carbocycles. The highest BCUT2D eigenvalue weighted by Crippen LogP contribution is 2.50. The van der Waals surface area contributed by atoms with E-state index in [0.717, 1.165) is 76.4 Å². The third-order valence-electron chi connectivity index (χ3n) is 6.51. The molecule has 2 heterocycles. The molecule has 0 radical (unpaired) electrons. The van der Waals surface area contributed by atoms with E-state index in [9.17, 15) is 4.79 Å². The highest BCUT2D eigenvalue weighted by atomic mass is 16.5. The number of hydrogen-bond acceptors (Lipinski definition) is 4. The molecule has 27 heavy (non-hydrogen) atoms. The van der Waals surface area contributed by atoms with Gasteiger partial charge in [0.25, 0.3) is 0 Å². The lowest BCUT2D eigenvalue weighted by atomic mass is 9.93. The molecule has 2 saturated heterocycles. The highest BCUT2D eigenvalue weighted by Gasteiger charge is 2.53. The van der Waals surface area contributed by atoms with Crippen molar-refractivity contribution in [1.29, 1.82) is 0 Å². The molecular weight excluding hydrogens is 340 g/mol. The lowest BCUT2D eigenvalue weighted by Crippen LogP contribution is -2.51. The van der Waals surface area contributed by atoms with Crippen molar-refractivity contribution in [2.45, 2.75) is 50.0 Å². The number of morpholine rings is 1. The fourth-order valence-electron chi connectivity index (χ4n) is 4.65. The maximum Gasteiger partial charge on any atom is 0.233 e. The summed E-state index contributed by atoms with van der Waals surface area (Å²) in [6.07, 6.45) is 6.66. The van der Waals surface area contributed by atoms with Gasteiger partial charge in [-0.05, 0) is 43.4 Å². The summed E-state index contributed by atoms with van der Waals surface area (Å²) in [6.45, 7) is 5.51. The van der Waals surface area contributed by atoms with Crippen LogP contribution in [0, 0.1) is 0 Å². The standard InChI is InChI=1S/C22H32N2O3/c1-26-20-8-6-18(7-9-20)22(10-11-22)21(25)24-12-4-2-3-5-19(24)17-23-13-15-27-16-14-23/h6-9,19H,2-5,10-17H2,1H3. The van der Waals surface area contributed by atoms with Crippen LogP contribution in [-0.2, 0) is 14.9 Å². The second-order valence-corrected chi connectivity index (χ2v) is 8.23. The maximum atomic E-state index is 13.7. The summed E-state index contributed by atoms with van der Waals surface area (Å²) in [5.41, 5.74) is 0.863. The lowest BCUT2D eigenvalue weighted by molar-refractivity contribution is -0.137. The van der Waals surface area contributed by atoms with Crippen LogP contribution in [0.5, 0.6) is 5.75 Å². The molecule has 148 valence electrons. The molecule has 5 nitrogen and oxygen atoms in total. The zero-order chi connectivity index (χ0) is 18.7. The van der Waals surface area contributed by atoms with Crippen LogP contribution in [0.15, 0.2) is 24.3 Å². The van der Waals surface area contributed by atoms with E-state index in [1.807, 2.05) is 12.1 Å². The monoisotopic (exact) mass is 372 g/mol. The van der Waals surface area contributed by atoms with Gasteiger partial charge in [-0.3, -0.25) is 9.69 Å². The van der Waals surface area contributed by atoms with Gasteiger partial charge in [0.05, 0.1) is 25.7 Å². The first-order valence-electron chi connectivity index (χ1n) is 10.5. The van der Waals surface area contributed by atoms with Crippen molar-refractivity contribution in [3.63, 3.8) is 0 Å². The Hall–Kier alpha value is -1.59. The lowest BCUT2D eigenvalue weighted by Gasteiger charge is -2.37. The van der Waals surface area contributed by atoms with Gasteiger partial charge in [-0.25, -0.2) is 0 Å². The third kappa shape index (κ3) is 3.99. The quantitative estimate of drug-likeness (QED) is 0.797. The van der Waals surface area contributed by atoms with Crippen LogP contribution in [0.4, 0.5) is 0 Å². The van der Waals surface area contributed by atoms with Crippen LogP contribution >= 0.6 is 0 Å². The van der Waals surface area contributed by atoms with Gasteiger partial charge in [-0.1, -0.05) is 25.0 Å². The Morgan fingerprint density at radius 2 is 1.85 bits per heavy atom. The molecule has 4 rings (SSSR count).